The van der Waals surface area contributed by atoms with Gasteiger partial charge in [-0.3, -0.25) is 0 Å². The van der Waals surface area contributed by atoms with Crippen molar-refractivity contribution in [2.75, 3.05) is 13.7 Å². The summed E-state index contributed by atoms with van der Waals surface area (Å²) in [4.78, 5) is 3.93. The standard InChI is InChI=1S/C12H17N3O/c1-3-11(9-16-2)15-8-10-4-5-14-12(6-10)7-13/h4-6,11,15H,3,8-9H2,1-2H3. The van der Waals surface area contributed by atoms with Crippen molar-refractivity contribution in [2.24, 2.45) is 0 Å². The molecule has 1 rings (SSSR count). The lowest BCUT2D eigenvalue weighted by Gasteiger charge is -2.15. The zero-order valence-electron chi connectivity index (χ0n) is 9.73. The molecule has 0 fully saturated rings. The van der Waals surface area contributed by atoms with Crippen LogP contribution in [-0.2, 0) is 11.3 Å². The second-order valence-electron chi connectivity index (χ2n) is 3.60. The van der Waals surface area contributed by atoms with E-state index in [4.69, 9.17) is 10.00 Å². The predicted molar refractivity (Wildman–Crippen MR) is 61.7 cm³/mol. The molecule has 1 unspecified atom stereocenters. The van der Waals surface area contributed by atoms with Gasteiger partial charge in [0.1, 0.15) is 11.8 Å². The Morgan fingerprint density at radius 2 is 2.44 bits per heavy atom. The van der Waals surface area contributed by atoms with Gasteiger partial charge in [0, 0.05) is 25.9 Å². The molecule has 0 aliphatic carbocycles. The number of hydrogen-bond donors (Lipinski definition) is 1. The third-order valence-electron chi connectivity index (χ3n) is 2.39. The van der Waals surface area contributed by atoms with Gasteiger partial charge in [0.05, 0.1) is 6.61 Å². The van der Waals surface area contributed by atoms with E-state index < -0.39 is 0 Å². The molecule has 0 aliphatic heterocycles. The highest BCUT2D eigenvalue weighted by Crippen LogP contribution is 2.02. The summed E-state index contributed by atoms with van der Waals surface area (Å²) in [6.45, 7) is 3.55. The van der Waals surface area contributed by atoms with E-state index in [-0.39, 0.29) is 0 Å². The summed E-state index contributed by atoms with van der Waals surface area (Å²) >= 11 is 0. The van der Waals surface area contributed by atoms with E-state index in [1.54, 1.807) is 19.4 Å². The first-order chi connectivity index (χ1) is 7.80. The summed E-state index contributed by atoms with van der Waals surface area (Å²) in [6, 6.07) is 6.09. The van der Waals surface area contributed by atoms with Gasteiger partial charge in [0.25, 0.3) is 0 Å². The van der Waals surface area contributed by atoms with Crippen LogP contribution in [0.2, 0.25) is 0 Å². The van der Waals surface area contributed by atoms with Crippen molar-refractivity contribution in [2.45, 2.75) is 25.9 Å². The molecule has 4 nitrogen and oxygen atoms in total. The molecule has 0 spiro atoms. The Balaban J connectivity index is 2.50. The lowest BCUT2D eigenvalue weighted by molar-refractivity contribution is 0.164. The van der Waals surface area contributed by atoms with E-state index in [9.17, 15) is 0 Å². The summed E-state index contributed by atoms with van der Waals surface area (Å²) in [6.07, 6.45) is 2.68. The van der Waals surface area contributed by atoms with E-state index in [1.165, 1.54) is 0 Å². The van der Waals surface area contributed by atoms with E-state index in [1.807, 2.05) is 12.1 Å². The van der Waals surface area contributed by atoms with E-state index in [0.29, 0.717) is 18.3 Å². The summed E-state index contributed by atoms with van der Waals surface area (Å²) in [7, 11) is 1.70. The molecule has 1 N–H and O–H groups in total. The molecule has 4 heteroatoms. The summed E-state index contributed by atoms with van der Waals surface area (Å²) < 4.78 is 5.10. The first kappa shape index (κ1) is 12.6. The third-order valence-corrected chi connectivity index (χ3v) is 2.39. The van der Waals surface area contributed by atoms with Gasteiger partial charge in [-0.2, -0.15) is 5.26 Å². The fourth-order valence-corrected chi connectivity index (χ4v) is 1.43. The normalized spacial score (nSPS) is 12.1. The number of rotatable bonds is 6. The van der Waals surface area contributed by atoms with Gasteiger partial charge in [0.2, 0.25) is 0 Å². The molecule has 0 radical (unpaired) electrons. The van der Waals surface area contributed by atoms with Crippen LogP contribution in [0.5, 0.6) is 0 Å². The number of nitrogens with one attached hydrogen (secondary N) is 1. The lowest BCUT2D eigenvalue weighted by atomic mass is 10.2. The maximum absolute atomic E-state index is 8.72. The average molecular weight is 219 g/mol. The van der Waals surface area contributed by atoms with Crippen LogP contribution in [0.15, 0.2) is 18.3 Å². The SMILES string of the molecule is CCC(COC)NCc1ccnc(C#N)c1. The van der Waals surface area contributed by atoms with Crippen LogP contribution in [0, 0.1) is 11.3 Å². The number of pyridine rings is 1. The van der Waals surface area contributed by atoms with E-state index in [0.717, 1.165) is 18.5 Å². The van der Waals surface area contributed by atoms with Crippen LogP contribution in [0.4, 0.5) is 0 Å². The number of hydrogen-bond acceptors (Lipinski definition) is 4. The topological polar surface area (TPSA) is 57.9 Å². The quantitative estimate of drug-likeness (QED) is 0.787. The molecule has 16 heavy (non-hydrogen) atoms. The first-order valence-electron chi connectivity index (χ1n) is 5.37. The van der Waals surface area contributed by atoms with Gasteiger partial charge in [0.15, 0.2) is 0 Å². The van der Waals surface area contributed by atoms with E-state index in [2.05, 4.69) is 17.2 Å². The molecular weight excluding hydrogens is 202 g/mol. The minimum absolute atomic E-state index is 0.351. The zero-order valence-corrected chi connectivity index (χ0v) is 9.73. The van der Waals surface area contributed by atoms with Crippen molar-refractivity contribution in [3.63, 3.8) is 0 Å². The first-order valence-corrected chi connectivity index (χ1v) is 5.37. The number of aromatic nitrogens is 1. The van der Waals surface area contributed by atoms with Crippen molar-refractivity contribution in [3.8, 4) is 6.07 Å². The van der Waals surface area contributed by atoms with Gasteiger partial charge >= 0.3 is 0 Å². The summed E-state index contributed by atoms with van der Waals surface area (Å²) in [5.41, 5.74) is 1.53. The Morgan fingerprint density at radius 1 is 1.62 bits per heavy atom. The molecule has 86 valence electrons. The molecule has 1 heterocycles. The van der Waals surface area contributed by atoms with Crippen LogP contribution in [0.25, 0.3) is 0 Å². The Hall–Kier alpha value is -1.44. The fraction of sp³-hybridized carbons (Fsp3) is 0.500. The Bertz CT molecular complexity index is 360. The zero-order chi connectivity index (χ0) is 11.8. The van der Waals surface area contributed by atoms with Crippen molar-refractivity contribution in [3.05, 3.63) is 29.6 Å². The van der Waals surface area contributed by atoms with Crippen molar-refractivity contribution >= 4 is 0 Å². The minimum atomic E-state index is 0.351. The highest BCUT2D eigenvalue weighted by molar-refractivity contribution is 5.25. The van der Waals surface area contributed by atoms with Gasteiger partial charge in [-0.25, -0.2) is 4.98 Å². The maximum atomic E-state index is 8.72. The van der Waals surface area contributed by atoms with Crippen LogP contribution < -0.4 is 5.32 Å². The smallest absolute Gasteiger partial charge is 0.140 e. The largest absolute Gasteiger partial charge is 0.383 e. The fourth-order valence-electron chi connectivity index (χ4n) is 1.43. The molecule has 0 amide bonds. The second kappa shape index (κ2) is 6.94. The Kier molecular flexibility index (Phi) is 5.48. The molecule has 0 saturated heterocycles. The number of nitriles is 1. The van der Waals surface area contributed by atoms with Crippen LogP contribution >= 0.6 is 0 Å². The highest BCUT2D eigenvalue weighted by atomic mass is 16.5. The molecular formula is C12H17N3O. The van der Waals surface area contributed by atoms with Crippen LogP contribution in [0.1, 0.15) is 24.6 Å². The van der Waals surface area contributed by atoms with Crippen LogP contribution in [-0.4, -0.2) is 24.7 Å². The van der Waals surface area contributed by atoms with Crippen molar-refractivity contribution < 1.29 is 4.74 Å². The van der Waals surface area contributed by atoms with Gasteiger partial charge in [-0.15, -0.1) is 0 Å². The average Bonchev–Trinajstić information content (AvgIpc) is 2.34. The van der Waals surface area contributed by atoms with Gasteiger partial charge in [-0.05, 0) is 24.1 Å². The number of ether oxygens (including phenoxy) is 1. The number of nitrogens with zero attached hydrogens (tertiary/aromatic N) is 2. The molecule has 1 aromatic heterocycles. The molecule has 0 bridgehead atoms. The van der Waals surface area contributed by atoms with Crippen molar-refractivity contribution in [1.82, 2.24) is 10.3 Å². The molecule has 1 aromatic rings. The summed E-state index contributed by atoms with van der Waals surface area (Å²) in [5.74, 6) is 0. The maximum Gasteiger partial charge on any atom is 0.140 e. The lowest BCUT2D eigenvalue weighted by Crippen LogP contribution is -2.32. The molecule has 0 aliphatic rings. The molecule has 0 aromatic carbocycles. The highest BCUT2D eigenvalue weighted by Gasteiger charge is 2.04. The van der Waals surface area contributed by atoms with Gasteiger partial charge < -0.3 is 10.1 Å². The molecule has 0 saturated carbocycles. The predicted octanol–water partition coefficient (Wildman–Crippen LogP) is 1.47. The minimum Gasteiger partial charge on any atom is -0.383 e. The monoisotopic (exact) mass is 219 g/mol. The van der Waals surface area contributed by atoms with Gasteiger partial charge in [-0.1, -0.05) is 6.92 Å². The Labute approximate surface area is 96.3 Å². The van der Waals surface area contributed by atoms with E-state index >= 15 is 0 Å². The summed E-state index contributed by atoms with van der Waals surface area (Å²) in [5, 5.41) is 12.1. The number of methoxy groups -OCH3 is 1. The third kappa shape index (κ3) is 3.97. The Morgan fingerprint density at radius 3 is 3.06 bits per heavy atom. The molecule has 1 atom stereocenters. The second-order valence-corrected chi connectivity index (χ2v) is 3.60. The van der Waals surface area contributed by atoms with Crippen molar-refractivity contribution in [1.29, 1.82) is 5.26 Å². The van der Waals surface area contributed by atoms with Crippen LogP contribution in [0.3, 0.4) is 0 Å².